The van der Waals surface area contributed by atoms with Gasteiger partial charge in [0.05, 0.1) is 17.9 Å². The number of alkyl halides is 5. The maximum atomic E-state index is 12.3. The lowest BCUT2D eigenvalue weighted by molar-refractivity contribution is -0.192. The van der Waals surface area contributed by atoms with Gasteiger partial charge in [-0.3, -0.25) is 4.90 Å². The average molecular weight is 453 g/mol. The van der Waals surface area contributed by atoms with E-state index < -0.39 is 25.1 Å². The minimum Gasteiger partial charge on any atom is -0.475 e. The number of carboxylic acid groups (broad SMARTS) is 1. The number of hydrogen-bond acceptors (Lipinski definition) is 5. The van der Waals surface area contributed by atoms with Gasteiger partial charge in [-0.15, -0.1) is 0 Å². The van der Waals surface area contributed by atoms with Gasteiger partial charge in [-0.05, 0) is 5.56 Å². The Morgan fingerprint density at radius 3 is 2.40 bits per heavy atom. The second-order valence-corrected chi connectivity index (χ2v) is 6.64. The second-order valence-electron chi connectivity index (χ2n) is 6.28. The molecule has 30 heavy (non-hydrogen) atoms. The first-order valence-electron chi connectivity index (χ1n) is 8.70. The first kappa shape index (κ1) is 23.7. The topological polar surface area (TPSA) is 78.4 Å². The highest BCUT2D eigenvalue weighted by Crippen LogP contribution is 2.24. The SMILES string of the molecule is FC(F)CNc1nc2c(nc1Cl)CN(Cc1ccccc1)CC2.O=C(O)C(F)(F)F. The minimum absolute atomic E-state index is 0.144. The molecule has 0 saturated carbocycles. The largest absolute Gasteiger partial charge is 0.490 e. The smallest absolute Gasteiger partial charge is 0.475 e. The van der Waals surface area contributed by atoms with E-state index in [1.165, 1.54) is 5.56 Å². The number of aliphatic carboxylic acids is 1. The summed E-state index contributed by atoms with van der Waals surface area (Å²) in [5, 5.41) is 9.81. The lowest BCUT2D eigenvalue weighted by atomic mass is 10.1. The summed E-state index contributed by atoms with van der Waals surface area (Å²) in [5.41, 5.74) is 2.89. The van der Waals surface area contributed by atoms with E-state index in [-0.39, 0.29) is 11.0 Å². The zero-order valence-corrected chi connectivity index (χ0v) is 16.2. The summed E-state index contributed by atoms with van der Waals surface area (Å²) in [7, 11) is 0. The van der Waals surface area contributed by atoms with Crippen LogP contribution in [0.25, 0.3) is 0 Å². The van der Waals surface area contributed by atoms with E-state index in [0.29, 0.717) is 6.54 Å². The molecule has 164 valence electrons. The van der Waals surface area contributed by atoms with Crippen molar-refractivity contribution < 1.29 is 31.9 Å². The van der Waals surface area contributed by atoms with Crippen LogP contribution in [0.2, 0.25) is 5.15 Å². The Hall–Kier alpha value is -2.53. The van der Waals surface area contributed by atoms with E-state index in [9.17, 15) is 22.0 Å². The normalized spacial score (nSPS) is 14.0. The van der Waals surface area contributed by atoms with E-state index in [2.05, 4.69) is 32.3 Å². The number of nitrogens with zero attached hydrogens (tertiary/aromatic N) is 3. The maximum Gasteiger partial charge on any atom is 0.490 e. The standard InChI is InChI=1S/C16H17ClF2N4.C2HF3O2/c17-15-16(20-8-14(18)19)22-12-6-7-23(10-13(12)21-15)9-11-4-2-1-3-5-11;3-2(4,5)1(6)7/h1-5,14H,6-10H2,(H,20,22);(H,6,7). The predicted molar refractivity (Wildman–Crippen MR) is 99.5 cm³/mol. The third kappa shape index (κ3) is 7.38. The van der Waals surface area contributed by atoms with Crippen LogP contribution in [-0.4, -0.2) is 51.6 Å². The van der Waals surface area contributed by atoms with Gasteiger partial charge in [0, 0.05) is 26.1 Å². The fraction of sp³-hybridized carbons (Fsp3) is 0.389. The van der Waals surface area contributed by atoms with Crippen LogP contribution in [0.5, 0.6) is 0 Å². The predicted octanol–water partition coefficient (Wildman–Crippen LogP) is 4.00. The van der Waals surface area contributed by atoms with Crippen LogP contribution in [-0.2, 0) is 24.3 Å². The van der Waals surface area contributed by atoms with Gasteiger partial charge in [-0.25, -0.2) is 23.5 Å². The highest BCUT2D eigenvalue weighted by Gasteiger charge is 2.38. The molecule has 0 fully saturated rings. The third-order valence-electron chi connectivity index (χ3n) is 3.96. The van der Waals surface area contributed by atoms with Crippen molar-refractivity contribution in [3.8, 4) is 0 Å². The molecule has 1 aliphatic heterocycles. The fourth-order valence-corrected chi connectivity index (χ4v) is 2.84. The molecule has 2 aromatic rings. The van der Waals surface area contributed by atoms with Gasteiger partial charge >= 0.3 is 12.1 Å². The van der Waals surface area contributed by atoms with E-state index in [4.69, 9.17) is 21.5 Å². The molecule has 12 heteroatoms. The number of benzene rings is 1. The lowest BCUT2D eigenvalue weighted by Crippen LogP contribution is -2.31. The average Bonchev–Trinajstić information content (AvgIpc) is 2.67. The first-order valence-corrected chi connectivity index (χ1v) is 9.07. The molecular weight excluding hydrogens is 435 g/mol. The molecule has 0 saturated heterocycles. The molecule has 0 radical (unpaired) electrons. The molecule has 1 aromatic heterocycles. The monoisotopic (exact) mass is 452 g/mol. The molecule has 3 rings (SSSR count). The van der Waals surface area contributed by atoms with Gasteiger partial charge in [-0.2, -0.15) is 13.2 Å². The van der Waals surface area contributed by atoms with E-state index in [1.54, 1.807) is 0 Å². The number of nitrogens with one attached hydrogen (secondary N) is 1. The number of fused-ring (bicyclic) bond motifs is 1. The molecule has 2 heterocycles. The van der Waals surface area contributed by atoms with E-state index in [0.717, 1.165) is 30.9 Å². The molecule has 2 N–H and O–H groups in total. The van der Waals surface area contributed by atoms with Crippen molar-refractivity contribution in [2.75, 3.05) is 18.4 Å². The van der Waals surface area contributed by atoms with Crippen molar-refractivity contribution in [2.45, 2.75) is 32.1 Å². The maximum absolute atomic E-state index is 12.3. The van der Waals surface area contributed by atoms with Gasteiger partial charge in [0.15, 0.2) is 11.0 Å². The molecule has 0 bridgehead atoms. The zero-order chi connectivity index (χ0) is 22.3. The first-order chi connectivity index (χ1) is 14.1. The number of anilines is 1. The van der Waals surface area contributed by atoms with Gasteiger partial charge in [-0.1, -0.05) is 41.9 Å². The summed E-state index contributed by atoms with van der Waals surface area (Å²) < 4.78 is 56.3. The Labute approximate surface area is 173 Å². The number of aromatic nitrogens is 2. The molecule has 0 unspecified atom stereocenters. The fourth-order valence-electron chi connectivity index (χ4n) is 2.63. The van der Waals surface area contributed by atoms with E-state index in [1.807, 2.05) is 18.2 Å². The summed E-state index contributed by atoms with van der Waals surface area (Å²) in [6.45, 7) is 1.87. The molecule has 0 atom stereocenters. The number of rotatable bonds is 5. The molecule has 1 aromatic carbocycles. The molecule has 0 amide bonds. The van der Waals surface area contributed by atoms with Gasteiger partial charge in [0.2, 0.25) is 0 Å². The molecule has 0 aliphatic carbocycles. The van der Waals surface area contributed by atoms with Crippen LogP contribution in [0.15, 0.2) is 30.3 Å². The van der Waals surface area contributed by atoms with Crippen LogP contribution in [0, 0.1) is 0 Å². The Kier molecular flexibility index (Phi) is 8.30. The third-order valence-corrected chi connectivity index (χ3v) is 4.23. The molecule has 0 spiro atoms. The second kappa shape index (κ2) is 10.5. The van der Waals surface area contributed by atoms with Gasteiger partial charge in [0.1, 0.15) is 0 Å². The quantitative estimate of drug-likeness (QED) is 0.668. The van der Waals surface area contributed by atoms with Crippen LogP contribution >= 0.6 is 11.6 Å². The van der Waals surface area contributed by atoms with Crippen molar-refractivity contribution in [1.82, 2.24) is 14.9 Å². The van der Waals surface area contributed by atoms with Crippen molar-refractivity contribution >= 4 is 23.4 Å². The Morgan fingerprint density at radius 2 is 1.83 bits per heavy atom. The number of carboxylic acids is 1. The summed E-state index contributed by atoms with van der Waals surface area (Å²) >= 11 is 6.05. The molecule has 1 aliphatic rings. The Balaban J connectivity index is 0.000000396. The summed E-state index contributed by atoms with van der Waals surface area (Å²) in [5.74, 6) is -2.52. The number of halogens is 6. The van der Waals surface area contributed by atoms with Crippen molar-refractivity contribution in [2.24, 2.45) is 0 Å². The number of hydrogen-bond donors (Lipinski definition) is 2. The lowest BCUT2D eigenvalue weighted by Gasteiger charge is -2.28. The summed E-state index contributed by atoms with van der Waals surface area (Å²) in [6.07, 6.45) is -6.80. The van der Waals surface area contributed by atoms with Gasteiger partial charge < -0.3 is 10.4 Å². The number of carbonyl (C=O) groups is 1. The minimum atomic E-state index is -5.08. The highest BCUT2D eigenvalue weighted by atomic mass is 35.5. The van der Waals surface area contributed by atoms with Crippen molar-refractivity contribution in [3.63, 3.8) is 0 Å². The Bertz CT molecular complexity index is 852. The highest BCUT2D eigenvalue weighted by molar-refractivity contribution is 6.31. The molecule has 6 nitrogen and oxygen atoms in total. The summed E-state index contributed by atoms with van der Waals surface area (Å²) in [6, 6.07) is 10.2. The van der Waals surface area contributed by atoms with Crippen LogP contribution in [0.3, 0.4) is 0 Å². The van der Waals surface area contributed by atoms with Crippen LogP contribution in [0.4, 0.5) is 27.8 Å². The Morgan fingerprint density at radius 1 is 1.20 bits per heavy atom. The summed E-state index contributed by atoms with van der Waals surface area (Å²) in [4.78, 5) is 19.9. The zero-order valence-electron chi connectivity index (χ0n) is 15.5. The van der Waals surface area contributed by atoms with Crippen LogP contribution in [0.1, 0.15) is 17.0 Å². The van der Waals surface area contributed by atoms with Crippen LogP contribution < -0.4 is 5.32 Å². The van der Waals surface area contributed by atoms with Gasteiger partial charge in [0.25, 0.3) is 6.43 Å². The van der Waals surface area contributed by atoms with E-state index >= 15 is 0 Å². The van der Waals surface area contributed by atoms with Crippen molar-refractivity contribution in [1.29, 1.82) is 0 Å². The molecular formula is C18H18ClF5N4O2. The van der Waals surface area contributed by atoms with Crippen molar-refractivity contribution in [3.05, 3.63) is 52.4 Å².